The molecular formula is C15H17N5O2S. The van der Waals surface area contributed by atoms with Crippen LogP contribution in [-0.4, -0.2) is 37.8 Å². The molecule has 3 heterocycles. The Hall–Kier alpha value is -2.48. The van der Waals surface area contributed by atoms with Crippen LogP contribution < -0.4 is 0 Å². The van der Waals surface area contributed by atoms with Gasteiger partial charge in [-0.25, -0.2) is 0 Å². The Morgan fingerprint density at radius 2 is 2.35 bits per heavy atom. The molecule has 0 unspecified atom stereocenters. The Morgan fingerprint density at radius 3 is 3.04 bits per heavy atom. The van der Waals surface area contributed by atoms with Crippen LogP contribution >= 0.6 is 11.3 Å². The molecule has 1 amide bonds. The summed E-state index contributed by atoms with van der Waals surface area (Å²) in [6.07, 6.45) is 4.43. The first-order valence-electron chi connectivity index (χ1n) is 7.18. The Kier molecular flexibility index (Phi) is 4.52. The maximum atomic E-state index is 12.2. The zero-order valence-electron chi connectivity index (χ0n) is 13.0. The topological polar surface area (TPSA) is 77.1 Å². The van der Waals surface area contributed by atoms with Gasteiger partial charge in [0.1, 0.15) is 0 Å². The molecule has 0 aromatic carbocycles. The van der Waals surface area contributed by atoms with Crippen molar-refractivity contribution in [1.82, 2.24) is 24.8 Å². The van der Waals surface area contributed by atoms with Crippen molar-refractivity contribution < 1.29 is 9.32 Å². The fraction of sp³-hybridized carbons (Fsp3) is 0.333. The largest absolute Gasteiger partial charge is 0.341 e. The normalized spacial score (nSPS) is 10.9. The molecule has 8 heteroatoms. The molecular weight excluding hydrogens is 314 g/mol. The van der Waals surface area contributed by atoms with Crippen LogP contribution in [0.15, 0.2) is 33.7 Å². The van der Waals surface area contributed by atoms with Crippen LogP contribution in [0.1, 0.15) is 17.9 Å². The van der Waals surface area contributed by atoms with Gasteiger partial charge in [-0.05, 0) is 11.4 Å². The van der Waals surface area contributed by atoms with Gasteiger partial charge in [0.15, 0.2) is 0 Å². The lowest BCUT2D eigenvalue weighted by molar-refractivity contribution is -0.130. The lowest BCUT2D eigenvalue weighted by Gasteiger charge is -2.15. The molecule has 0 aliphatic carbocycles. The average molecular weight is 331 g/mol. The number of thiophene rings is 1. The van der Waals surface area contributed by atoms with Gasteiger partial charge in [-0.15, -0.1) is 0 Å². The van der Waals surface area contributed by atoms with E-state index in [-0.39, 0.29) is 5.91 Å². The number of rotatable bonds is 6. The molecule has 23 heavy (non-hydrogen) atoms. The minimum absolute atomic E-state index is 0.0316. The van der Waals surface area contributed by atoms with Gasteiger partial charge < -0.3 is 9.42 Å². The number of carbonyl (C=O) groups is 1. The van der Waals surface area contributed by atoms with Gasteiger partial charge in [-0.3, -0.25) is 9.48 Å². The van der Waals surface area contributed by atoms with Crippen LogP contribution in [-0.2, 0) is 24.8 Å². The summed E-state index contributed by atoms with van der Waals surface area (Å²) in [4.78, 5) is 18.2. The third-order valence-corrected chi connectivity index (χ3v) is 4.09. The van der Waals surface area contributed by atoms with E-state index in [1.54, 1.807) is 34.2 Å². The van der Waals surface area contributed by atoms with Gasteiger partial charge in [-0.1, -0.05) is 5.16 Å². The number of aryl methyl sites for hydroxylation is 2. The zero-order chi connectivity index (χ0) is 16.2. The van der Waals surface area contributed by atoms with Gasteiger partial charge in [0, 0.05) is 56.2 Å². The van der Waals surface area contributed by atoms with Crippen molar-refractivity contribution in [2.75, 3.05) is 7.05 Å². The van der Waals surface area contributed by atoms with Crippen LogP contribution in [0.25, 0.3) is 11.4 Å². The highest BCUT2D eigenvalue weighted by molar-refractivity contribution is 7.08. The van der Waals surface area contributed by atoms with Crippen LogP contribution in [0, 0.1) is 0 Å². The van der Waals surface area contributed by atoms with Gasteiger partial charge in [0.25, 0.3) is 0 Å². The summed E-state index contributed by atoms with van der Waals surface area (Å²) >= 11 is 1.58. The maximum Gasteiger partial charge on any atom is 0.227 e. The number of amides is 1. The summed E-state index contributed by atoms with van der Waals surface area (Å²) in [5, 5.41) is 12.0. The van der Waals surface area contributed by atoms with Crippen molar-refractivity contribution in [3.05, 3.63) is 40.7 Å². The Morgan fingerprint density at radius 1 is 1.48 bits per heavy atom. The first kappa shape index (κ1) is 15.4. The number of hydrogen-bond donors (Lipinski definition) is 0. The summed E-state index contributed by atoms with van der Waals surface area (Å²) in [6.45, 7) is 0.538. The van der Waals surface area contributed by atoms with Crippen molar-refractivity contribution in [1.29, 1.82) is 0 Å². The summed E-state index contributed by atoms with van der Waals surface area (Å²) in [6, 6.07) is 1.94. The number of aromatic nitrogens is 4. The average Bonchev–Trinajstić information content (AvgIpc) is 3.26. The molecule has 0 atom stereocenters. The minimum Gasteiger partial charge on any atom is -0.341 e. The second-order valence-electron chi connectivity index (χ2n) is 5.30. The first-order chi connectivity index (χ1) is 11.1. The highest BCUT2D eigenvalue weighted by Gasteiger charge is 2.14. The van der Waals surface area contributed by atoms with Crippen molar-refractivity contribution in [2.45, 2.75) is 19.4 Å². The van der Waals surface area contributed by atoms with Gasteiger partial charge in [0.2, 0.25) is 17.6 Å². The second kappa shape index (κ2) is 6.74. The predicted molar refractivity (Wildman–Crippen MR) is 85.6 cm³/mol. The fourth-order valence-corrected chi connectivity index (χ4v) is 2.82. The Bertz CT molecular complexity index is 778. The third-order valence-electron chi connectivity index (χ3n) is 3.40. The van der Waals surface area contributed by atoms with E-state index in [0.717, 1.165) is 11.1 Å². The van der Waals surface area contributed by atoms with Gasteiger partial charge in [0.05, 0.1) is 6.20 Å². The van der Waals surface area contributed by atoms with E-state index in [1.807, 2.05) is 30.1 Å². The molecule has 0 fully saturated rings. The molecule has 0 bridgehead atoms. The molecule has 0 saturated heterocycles. The summed E-state index contributed by atoms with van der Waals surface area (Å²) in [7, 11) is 3.63. The lowest BCUT2D eigenvalue weighted by Crippen LogP contribution is -2.26. The molecule has 0 saturated carbocycles. The van der Waals surface area contributed by atoms with Gasteiger partial charge >= 0.3 is 0 Å². The molecule has 0 spiro atoms. The van der Waals surface area contributed by atoms with Crippen molar-refractivity contribution in [3.63, 3.8) is 0 Å². The van der Waals surface area contributed by atoms with E-state index in [4.69, 9.17) is 4.52 Å². The molecule has 3 aromatic heterocycles. The monoisotopic (exact) mass is 331 g/mol. The number of nitrogens with zero attached hydrogens (tertiary/aromatic N) is 5. The van der Waals surface area contributed by atoms with E-state index in [2.05, 4.69) is 15.2 Å². The third kappa shape index (κ3) is 3.84. The van der Waals surface area contributed by atoms with Crippen molar-refractivity contribution in [3.8, 4) is 11.4 Å². The predicted octanol–water partition coefficient (Wildman–Crippen LogP) is 2.12. The zero-order valence-corrected chi connectivity index (χ0v) is 13.8. The minimum atomic E-state index is 0.0316. The van der Waals surface area contributed by atoms with E-state index in [1.165, 1.54) is 0 Å². The highest BCUT2D eigenvalue weighted by Crippen LogP contribution is 2.19. The number of carbonyl (C=O) groups excluding carboxylic acids is 1. The van der Waals surface area contributed by atoms with E-state index in [0.29, 0.717) is 31.1 Å². The summed E-state index contributed by atoms with van der Waals surface area (Å²) in [5.74, 6) is 1.08. The summed E-state index contributed by atoms with van der Waals surface area (Å²) < 4.78 is 6.92. The SMILES string of the molecule is CN(Cc1cnn(C)c1)C(=O)CCc1nc(-c2ccsc2)no1. The second-order valence-corrected chi connectivity index (χ2v) is 6.08. The molecule has 3 rings (SSSR count). The fourth-order valence-electron chi connectivity index (χ4n) is 2.19. The number of hydrogen-bond acceptors (Lipinski definition) is 6. The van der Waals surface area contributed by atoms with Crippen LogP contribution in [0.2, 0.25) is 0 Å². The Balaban J connectivity index is 1.52. The van der Waals surface area contributed by atoms with E-state index in [9.17, 15) is 4.79 Å². The Labute approximate surface area is 137 Å². The smallest absolute Gasteiger partial charge is 0.227 e. The van der Waals surface area contributed by atoms with Crippen molar-refractivity contribution in [2.24, 2.45) is 7.05 Å². The van der Waals surface area contributed by atoms with E-state index < -0.39 is 0 Å². The summed E-state index contributed by atoms with van der Waals surface area (Å²) in [5.41, 5.74) is 1.94. The molecule has 0 aliphatic rings. The van der Waals surface area contributed by atoms with Crippen LogP contribution in [0.4, 0.5) is 0 Å². The molecule has 0 N–H and O–H groups in total. The van der Waals surface area contributed by atoms with E-state index >= 15 is 0 Å². The molecule has 3 aromatic rings. The van der Waals surface area contributed by atoms with Crippen molar-refractivity contribution >= 4 is 17.2 Å². The lowest BCUT2D eigenvalue weighted by atomic mass is 10.2. The van der Waals surface area contributed by atoms with Crippen LogP contribution in [0.5, 0.6) is 0 Å². The molecule has 0 aliphatic heterocycles. The molecule has 120 valence electrons. The first-order valence-corrected chi connectivity index (χ1v) is 8.13. The quantitative estimate of drug-likeness (QED) is 0.691. The van der Waals surface area contributed by atoms with Gasteiger partial charge in [-0.2, -0.15) is 21.4 Å². The maximum absolute atomic E-state index is 12.2. The van der Waals surface area contributed by atoms with Crippen LogP contribution in [0.3, 0.4) is 0 Å². The standard InChI is InChI=1S/C15H17N5O2S/c1-19(8-11-7-16-20(2)9-11)14(21)4-3-13-17-15(18-22-13)12-5-6-23-10-12/h5-7,9-10H,3-4,8H2,1-2H3. The molecule has 7 nitrogen and oxygen atoms in total. The molecule has 0 radical (unpaired) electrons. The highest BCUT2D eigenvalue weighted by atomic mass is 32.1.